The molecule has 0 spiro atoms. The number of nitrogens with zero attached hydrogens (tertiary/aromatic N) is 1. The lowest BCUT2D eigenvalue weighted by molar-refractivity contribution is 0.176. The molecule has 0 saturated heterocycles. The van der Waals surface area contributed by atoms with Crippen LogP contribution >= 0.6 is 0 Å². The molecule has 0 aliphatic heterocycles. The predicted octanol–water partition coefficient (Wildman–Crippen LogP) is 3.40. The minimum absolute atomic E-state index is 0.498. The maximum atomic E-state index is 2.39. The van der Waals surface area contributed by atoms with Crippen LogP contribution in [0.25, 0.3) is 0 Å². The van der Waals surface area contributed by atoms with E-state index in [0.717, 1.165) is 12.5 Å². The molecular weight excluding hydrogens is 158 g/mol. The Kier molecular flexibility index (Phi) is 5.62. The van der Waals surface area contributed by atoms with Crippen LogP contribution in [0, 0.1) is 11.3 Å². The lowest BCUT2D eigenvalue weighted by Gasteiger charge is -2.32. The molecule has 0 heterocycles. The summed E-state index contributed by atoms with van der Waals surface area (Å²) in [7, 11) is 2.20. The number of hydrogen-bond donors (Lipinski definition) is 0. The van der Waals surface area contributed by atoms with E-state index in [-0.39, 0.29) is 0 Å². The van der Waals surface area contributed by atoms with Gasteiger partial charge in [-0.2, -0.15) is 0 Å². The minimum Gasteiger partial charge on any atom is -0.307 e. The molecule has 0 radical (unpaired) electrons. The molecule has 0 amide bonds. The maximum Gasteiger partial charge on any atom is -0.00167 e. The summed E-state index contributed by atoms with van der Waals surface area (Å²) in [6.45, 7) is 14.1. The normalized spacial score (nSPS) is 15.0. The van der Waals surface area contributed by atoms with Gasteiger partial charge in [0.1, 0.15) is 0 Å². The summed E-state index contributed by atoms with van der Waals surface area (Å²) in [6.07, 6.45) is 2.61. The molecular formula is C12H27N. The third-order valence-electron chi connectivity index (χ3n) is 3.62. The molecule has 0 N–H and O–H groups in total. The standard InChI is InChI=1S/C12H27N/c1-7-11(3)12(4,5)9-10-13(6)8-2/h11H,7-10H2,1-6H3. The first-order valence-corrected chi connectivity index (χ1v) is 5.62. The predicted molar refractivity (Wildman–Crippen MR) is 61.0 cm³/mol. The van der Waals surface area contributed by atoms with Crippen LogP contribution in [0.4, 0.5) is 0 Å². The Morgan fingerprint density at radius 1 is 1.23 bits per heavy atom. The summed E-state index contributed by atoms with van der Waals surface area (Å²) in [5, 5.41) is 0. The molecule has 0 fully saturated rings. The summed E-state index contributed by atoms with van der Waals surface area (Å²) in [5.41, 5.74) is 0.498. The molecule has 80 valence electrons. The fourth-order valence-electron chi connectivity index (χ4n) is 1.44. The Balaban J connectivity index is 3.88. The van der Waals surface area contributed by atoms with Gasteiger partial charge in [-0.25, -0.2) is 0 Å². The monoisotopic (exact) mass is 185 g/mol. The zero-order valence-electron chi connectivity index (χ0n) is 10.4. The van der Waals surface area contributed by atoms with Crippen molar-refractivity contribution < 1.29 is 0 Å². The van der Waals surface area contributed by atoms with Gasteiger partial charge >= 0.3 is 0 Å². The number of hydrogen-bond acceptors (Lipinski definition) is 1. The molecule has 0 aliphatic rings. The van der Waals surface area contributed by atoms with Crippen molar-refractivity contribution in [3.63, 3.8) is 0 Å². The van der Waals surface area contributed by atoms with Gasteiger partial charge in [0, 0.05) is 0 Å². The lowest BCUT2D eigenvalue weighted by Crippen LogP contribution is -2.28. The van der Waals surface area contributed by atoms with E-state index in [1.165, 1.54) is 19.4 Å². The average molecular weight is 185 g/mol. The smallest absolute Gasteiger partial charge is 0.00167 e. The highest BCUT2D eigenvalue weighted by Gasteiger charge is 2.24. The van der Waals surface area contributed by atoms with Gasteiger partial charge in [-0.15, -0.1) is 0 Å². The van der Waals surface area contributed by atoms with Crippen molar-refractivity contribution in [2.75, 3.05) is 20.1 Å². The molecule has 1 nitrogen and oxygen atoms in total. The highest BCUT2D eigenvalue weighted by Crippen LogP contribution is 2.32. The molecule has 0 saturated carbocycles. The Hall–Kier alpha value is -0.0400. The van der Waals surface area contributed by atoms with Crippen molar-refractivity contribution in [1.29, 1.82) is 0 Å². The summed E-state index contributed by atoms with van der Waals surface area (Å²) in [6, 6.07) is 0. The molecule has 0 bridgehead atoms. The SMILES string of the molecule is CCC(C)C(C)(C)CCN(C)CC. The van der Waals surface area contributed by atoms with Crippen molar-refractivity contribution in [3.05, 3.63) is 0 Å². The van der Waals surface area contributed by atoms with Gasteiger partial charge in [-0.3, -0.25) is 0 Å². The van der Waals surface area contributed by atoms with Gasteiger partial charge in [-0.1, -0.05) is 41.0 Å². The van der Waals surface area contributed by atoms with E-state index in [9.17, 15) is 0 Å². The fraction of sp³-hybridized carbons (Fsp3) is 1.00. The van der Waals surface area contributed by atoms with Gasteiger partial charge in [-0.05, 0) is 37.9 Å². The van der Waals surface area contributed by atoms with Crippen LogP contribution in [0.2, 0.25) is 0 Å². The molecule has 1 unspecified atom stereocenters. The quantitative estimate of drug-likeness (QED) is 0.613. The molecule has 0 aliphatic carbocycles. The van der Waals surface area contributed by atoms with Gasteiger partial charge in [0.05, 0.1) is 0 Å². The van der Waals surface area contributed by atoms with Crippen LogP contribution in [0.1, 0.15) is 47.5 Å². The Morgan fingerprint density at radius 3 is 2.15 bits per heavy atom. The molecule has 1 heteroatoms. The van der Waals surface area contributed by atoms with Crippen LogP contribution in [0.3, 0.4) is 0 Å². The Bertz CT molecular complexity index is 129. The lowest BCUT2D eigenvalue weighted by atomic mass is 9.76. The molecule has 0 aromatic heterocycles. The third-order valence-corrected chi connectivity index (χ3v) is 3.62. The highest BCUT2D eigenvalue weighted by atomic mass is 15.1. The van der Waals surface area contributed by atoms with E-state index in [1.807, 2.05) is 0 Å². The second-order valence-corrected chi connectivity index (χ2v) is 4.94. The van der Waals surface area contributed by atoms with Crippen LogP contribution < -0.4 is 0 Å². The second-order valence-electron chi connectivity index (χ2n) is 4.94. The fourth-order valence-corrected chi connectivity index (χ4v) is 1.44. The highest BCUT2D eigenvalue weighted by molar-refractivity contribution is 4.75. The van der Waals surface area contributed by atoms with Crippen molar-refractivity contribution in [2.45, 2.75) is 47.5 Å². The summed E-state index contributed by atoms with van der Waals surface area (Å²) < 4.78 is 0. The van der Waals surface area contributed by atoms with Crippen LogP contribution in [0.15, 0.2) is 0 Å². The van der Waals surface area contributed by atoms with Crippen molar-refractivity contribution in [1.82, 2.24) is 4.90 Å². The summed E-state index contributed by atoms with van der Waals surface area (Å²) in [4.78, 5) is 2.39. The zero-order chi connectivity index (χ0) is 10.5. The topological polar surface area (TPSA) is 3.24 Å². The molecule has 0 rings (SSSR count). The van der Waals surface area contributed by atoms with Gasteiger partial charge in [0.15, 0.2) is 0 Å². The first-order chi connectivity index (χ1) is 5.94. The van der Waals surface area contributed by atoms with Crippen LogP contribution in [0.5, 0.6) is 0 Å². The van der Waals surface area contributed by atoms with Crippen LogP contribution in [-0.4, -0.2) is 25.0 Å². The van der Waals surface area contributed by atoms with E-state index in [0.29, 0.717) is 5.41 Å². The molecule has 0 aromatic carbocycles. The third kappa shape index (κ3) is 4.66. The summed E-state index contributed by atoms with van der Waals surface area (Å²) >= 11 is 0. The van der Waals surface area contributed by atoms with Crippen molar-refractivity contribution >= 4 is 0 Å². The van der Waals surface area contributed by atoms with Crippen molar-refractivity contribution in [3.8, 4) is 0 Å². The van der Waals surface area contributed by atoms with Gasteiger partial charge < -0.3 is 4.90 Å². The first kappa shape index (κ1) is 13.0. The Labute approximate surface area is 84.5 Å². The van der Waals surface area contributed by atoms with E-state index in [4.69, 9.17) is 0 Å². The minimum atomic E-state index is 0.498. The van der Waals surface area contributed by atoms with Crippen molar-refractivity contribution in [2.24, 2.45) is 11.3 Å². The molecule has 13 heavy (non-hydrogen) atoms. The molecule has 0 aromatic rings. The van der Waals surface area contributed by atoms with Gasteiger partial charge in [0.25, 0.3) is 0 Å². The van der Waals surface area contributed by atoms with E-state index in [1.54, 1.807) is 0 Å². The summed E-state index contributed by atoms with van der Waals surface area (Å²) in [5.74, 6) is 0.831. The van der Waals surface area contributed by atoms with Crippen LogP contribution in [-0.2, 0) is 0 Å². The largest absolute Gasteiger partial charge is 0.307 e. The van der Waals surface area contributed by atoms with E-state index < -0.39 is 0 Å². The zero-order valence-corrected chi connectivity index (χ0v) is 10.4. The van der Waals surface area contributed by atoms with E-state index in [2.05, 4.69) is 46.6 Å². The Morgan fingerprint density at radius 2 is 1.77 bits per heavy atom. The van der Waals surface area contributed by atoms with E-state index >= 15 is 0 Å². The second kappa shape index (κ2) is 5.64. The average Bonchev–Trinajstić information content (AvgIpc) is 2.12. The first-order valence-electron chi connectivity index (χ1n) is 5.62. The maximum absolute atomic E-state index is 2.39. The number of rotatable bonds is 6. The molecule has 1 atom stereocenters. The van der Waals surface area contributed by atoms with Gasteiger partial charge in [0.2, 0.25) is 0 Å².